The number of aryl methyl sites for hydroxylation is 2. The molecule has 0 unspecified atom stereocenters. The minimum atomic E-state index is -4.39. The molecule has 1 N–H and O–H groups in total. The van der Waals surface area contributed by atoms with Gasteiger partial charge in [-0.1, -0.05) is 6.07 Å². The smallest absolute Gasteiger partial charge is 0.340 e. The number of nitriles is 1. The van der Waals surface area contributed by atoms with E-state index in [-0.39, 0.29) is 0 Å². The van der Waals surface area contributed by atoms with Crippen LogP contribution in [0.25, 0.3) is 0 Å². The molecule has 21 heavy (non-hydrogen) atoms. The van der Waals surface area contributed by atoms with E-state index in [4.69, 9.17) is 5.26 Å². The highest BCUT2D eigenvalue weighted by molar-refractivity contribution is 5.61. The van der Waals surface area contributed by atoms with Gasteiger partial charge >= 0.3 is 6.18 Å². The second-order valence-electron chi connectivity index (χ2n) is 4.60. The Morgan fingerprint density at radius 1 is 1.19 bits per heavy atom. The zero-order chi connectivity index (χ0) is 15.6. The molecule has 0 amide bonds. The van der Waals surface area contributed by atoms with Gasteiger partial charge in [0.05, 0.1) is 16.8 Å². The van der Waals surface area contributed by atoms with Crippen molar-refractivity contribution in [1.82, 2.24) is 4.98 Å². The number of pyridine rings is 1. The minimum Gasteiger partial charge on any atom is -0.340 e. The third kappa shape index (κ3) is 3.31. The second-order valence-corrected chi connectivity index (χ2v) is 4.60. The van der Waals surface area contributed by atoms with Crippen LogP contribution in [0.2, 0.25) is 0 Å². The Bertz CT molecular complexity index is 715. The number of rotatable bonds is 2. The van der Waals surface area contributed by atoms with Crippen molar-refractivity contribution in [2.24, 2.45) is 0 Å². The molecule has 2 rings (SSSR count). The highest BCUT2D eigenvalue weighted by Gasteiger charge is 2.30. The number of anilines is 2. The molecular formula is C15H12F3N3. The Morgan fingerprint density at radius 3 is 2.52 bits per heavy atom. The maximum atomic E-state index is 12.7. The summed E-state index contributed by atoms with van der Waals surface area (Å²) < 4.78 is 38.0. The molecule has 1 heterocycles. The van der Waals surface area contributed by atoms with Crippen molar-refractivity contribution in [1.29, 1.82) is 5.26 Å². The maximum Gasteiger partial charge on any atom is 0.416 e. The molecule has 0 bridgehead atoms. The van der Waals surface area contributed by atoms with Gasteiger partial charge in [-0.15, -0.1) is 0 Å². The van der Waals surface area contributed by atoms with Crippen LogP contribution in [0.3, 0.4) is 0 Å². The molecule has 0 aliphatic rings. The molecule has 2 aromatic rings. The van der Waals surface area contributed by atoms with E-state index < -0.39 is 11.7 Å². The first kappa shape index (κ1) is 14.9. The van der Waals surface area contributed by atoms with Gasteiger partial charge < -0.3 is 5.32 Å². The van der Waals surface area contributed by atoms with Gasteiger partial charge in [0.1, 0.15) is 11.9 Å². The first-order chi connectivity index (χ1) is 9.81. The molecule has 0 fully saturated rings. The van der Waals surface area contributed by atoms with E-state index in [9.17, 15) is 13.2 Å². The van der Waals surface area contributed by atoms with E-state index in [0.29, 0.717) is 28.3 Å². The van der Waals surface area contributed by atoms with Gasteiger partial charge in [0, 0.05) is 5.69 Å². The molecule has 0 saturated carbocycles. The Kier molecular flexibility index (Phi) is 3.85. The number of alkyl halides is 3. The summed E-state index contributed by atoms with van der Waals surface area (Å²) in [5.41, 5.74) is 1.23. The Labute approximate surface area is 120 Å². The summed E-state index contributed by atoms with van der Waals surface area (Å²) in [6.45, 7) is 3.42. The predicted molar refractivity (Wildman–Crippen MR) is 73.2 cm³/mol. The highest BCUT2D eigenvalue weighted by Crippen LogP contribution is 2.31. The van der Waals surface area contributed by atoms with Gasteiger partial charge in [0.15, 0.2) is 0 Å². The quantitative estimate of drug-likeness (QED) is 0.895. The average Bonchev–Trinajstić information content (AvgIpc) is 2.42. The summed E-state index contributed by atoms with van der Waals surface area (Å²) in [6.07, 6.45) is -4.39. The van der Waals surface area contributed by atoms with Crippen LogP contribution in [-0.2, 0) is 6.18 Å². The standard InChI is InChI=1S/C15H12F3N3/c1-9-6-11(8-19)10(2)20-14(9)21-13-5-3-4-12(7-13)15(16,17)18/h3-7H,1-2H3,(H,20,21). The van der Waals surface area contributed by atoms with E-state index in [1.165, 1.54) is 12.1 Å². The number of halogens is 3. The van der Waals surface area contributed by atoms with Gasteiger partial charge in [-0.05, 0) is 43.7 Å². The van der Waals surface area contributed by atoms with Crippen molar-refractivity contribution in [3.8, 4) is 6.07 Å². The van der Waals surface area contributed by atoms with Crippen molar-refractivity contribution in [2.75, 3.05) is 5.32 Å². The van der Waals surface area contributed by atoms with Crippen LogP contribution in [0, 0.1) is 25.2 Å². The molecule has 1 aromatic heterocycles. The largest absolute Gasteiger partial charge is 0.416 e. The molecule has 0 radical (unpaired) electrons. The van der Waals surface area contributed by atoms with Crippen LogP contribution >= 0.6 is 0 Å². The van der Waals surface area contributed by atoms with Gasteiger partial charge in [-0.2, -0.15) is 18.4 Å². The number of benzene rings is 1. The highest BCUT2D eigenvalue weighted by atomic mass is 19.4. The zero-order valence-corrected chi connectivity index (χ0v) is 11.4. The Hall–Kier alpha value is -2.55. The van der Waals surface area contributed by atoms with E-state index in [0.717, 1.165) is 12.1 Å². The van der Waals surface area contributed by atoms with Crippen molar-refractivity contribution < 1.29 is 13.2 Å². The number of hydrogen-bond donors (Lipinski definition) is 1. The minimum absolute atomic E-state index is 0.296. The number of nitrogens with one attached hydrogen (secondary N) is 1. The van der Waals surface area contributed by atoms with Crippen LogP contribution in [0.4, 0.5) is 24.7 Å². The summed E-state index contributed by atoms with van der Waals surface area (Å²) in [4.78, 5) is 4.22. The fourth-order valence-electron chi connectivity index (χ4n) is 1.86. The molecule has 0 spiro atoms. The van der Waals surface area contributed by atoms with Crippen LogP contribution < -0.4 is 5.32 Å². The lowest BCUT2D eigenvalue weighted by atomic mass is 10.1. The third-order valence-corrected chi connectivity index (χ3v) is 2.98. The van der Waals surface area contributed by atoms with Crippen LogP contribution in [0.5, 0.6) is 0 Å². The Balaban J connectivity index is 2.35. The molecule has 3 nitrogen and oxygen atoms in total. The van der Waals surface area contributed by atoms with Crippen LogP contribution in [0.15, 0.2) is 30.3 Å². The lowest BCUT2D eigenvalue weighted by molar-refractivity contribution is -0.137. The Morgan fingerprint density at radius 2 is 1.90 bits per heavy atom. The molecule has 6 heteroatoms. The van der Waals surface area contributed by atoms with E-state index in [1.807, 2.05) is 6.07 Å². The van der Waals surface area contributed by atoms with Crippen molar-refractivity contribution in [2.45, 2.75) is 20.0 Å². The fourth-order valence-corrected chi connectivity index (χ4v) is 1.86. The summed E-state index contributed by atoms with van der Waals surface area (Å²) in [5, 5.41) is 11.8. The monoisotopic (exact) mass is 291 g/mol. The van der Waals surface area contributed by atoms with E-state index >= 15 is 0 Å². The summed E-state index contributed by atoms with van der Waals surface area (Å²) in [6, 6.07) is 8.56. The fraction of sp³-hybridized carbons (Fsp3) is 0.200. The van der Waals surface area contributed by atoms with Crippen LogP contribution in [0.1, 0.15) is 22.4 Å². The number of hydrogen-bond acceptors (Lipinski definition) is 3. The van der Waals surface area contributed by atoms with Crippen molar-refractivity contribution in [3.63, 3.8) is 0 Å². The number of aromatic nitrogens is 1. The summed E-state index contributed by atoms with van der Waals surface area (Å²) in [7, 11) is 0. The van der Waals surface area contributed by atoms with Crippen molar-refractivity contribution >= 4 is 11.5 Å². The van der Waals surface area contributed by atoms with Crippen molar-refractivity contribution in [3.05, 3.63) is 52.7 Å². The maximum absolute atomic E-state index is 12.7. The molecular weight excluding hydrogens is 279 g/mol. The topological polar surface area (TPSA) is 48.7 Å². The van der Waals surface area contributed by atoms with Crippen LogP contribution in [-0.4, -0.2) is 4.98 Å². The average molecular weight is 291 g/mol. The van der Waals surface area contributed by atoms with Gasteiger partial charge in [-0.25, -0.2) is 4.98 Å². The molecule has 1 aromatic carbocycles. The first-order valence-corrected chi connectivity index (χ1v) is 6.14. The molecule has 0 aliphatic carbocycles. The SMILES string of the molecule is Cc1cc(C#N)c(C)nc1Nc1cccc(C(F)(F)F)c1. The molecule has 0 atom stereocenters. The van der Waals surface area contributed by atoms with E-state index in [2.05, 4.69) is 10.3 Å². The lowest BCUT2D eigenvalue weighted by Crippen LogP contribution is -2.06. The van der Waals surface area contributed by atoms with Gasteiger partial charge in [0.25, 0.3) is 0 Å². The summed E-state index contributed by atoms with van der Waals surface area (Å²) in [5.74, 6) is 0.436. The first-order valence-electron chi connectivity index (χ1n) is 6.14. The normalized spacial score (nSPS) is 11.0. The second kappa shape index (κ2) is 5.44. The lowest BCUT2D eigenvalue weighted by Gasteiger charge is -2.12. The zero-order valence-electron chi connectivity index (χ0n) is 11.4. The molecule has 0 aliphatic heterocycles. The third-order valence-electron chi connectivity index (χ3n) is 2.98. The molecule has 108 valence electrons. The summed E-state index contributed by atoms with van der Waals surface area (Å²) >= 11 is 0. The van der Waals surface area contributed by atoms with Gasteiger partial charge in [-0.3, -0.25) is 0 Å². The van der Waals surface area contributed by atoms with Gasteiger partial charge in [0.2, 0.25) is 0 Å². The predicted octanol–water partition coefficient (Wildman–Crippen LogP) is 4.33. The molecule has 0 saturated heterocycles. The van der Waals surface area contributed by atoms with E-state index in [1.54, 1.807) is 19.9 Å². The number of nitrogens with zero attached hydrogens (tertiary/aromatic N) is 2.